The maximum absolute atomic E-state index is 6.05. The number of halogens is 3. The molecule has 0 aliphatic rings. The lowest BCUT2D eigenvalue weighted by molar-refractivity contribution is 0.305. The van der Waals surface area contributed by atoms with Gasteiger partial charge in [0.25, 0.3) is 0 Å². The van der Waals surface area contributed by atoms with Gasteiger partial charge in [0.05, 0.1) is 5.02 Å². The van der Waals surface area contributed by atoms with E-state index in [2.05, 4.69) is 4.98 Å². The van der Waals surface area contributed by atoms with Crippen LogP contribution in [0.15, 0.2) is 30.5 Å². The summed E-state index contributed by atoms with van der Waals surface area (Å²) in [5.74, 6) is 0.757. The van der Waals surface area contributed by atoms with Crippen LogP contribution in [0.2, 0.25) is 15.2 Å². The highest BCUT2D eigenvalue weighted by molar-refractivity contribution is 6.34. The molecule has 1 aromatic carbocycles. The van der Waals surface area contributed by atoms with Crippen molar-refractivity contribution in [1.29, 1.82) is 0 Å². The molecule has 0 atom stereocenters. The van der Waals surface area contributed by atoms with Crippen LogP contribution in [0, 0.1) is 0 Å². The molecule has 1 aromatic heterocycles. The Hall–Kier alpha value is -0.960. The van der Waals surface area contributed by atoms with Crippen LogP contribution in [0.4, 0.5) is 0 Å². The summed E-state index contributed by atoms with van der Waals surface area (Å²) in [6.45, 7) is 2.39. The van der Waals surface area contributed by atoms with E-state index in [1.165, 1.54) is 0 Å². The van der Waals surface area contributed by atoms with E-state index < -0.39 is 0 Å². The van der Waals surface area contributed by atoms with E-state index in [-0.39, 0.29) is 0 Å². The molecule has 0 aliphatic heterocycles. The summed E-state index contributed by atoms with van der Waals surface area (Å²) >= 11 is 17.8. The molecule has 0 bridgehead atoms. The molecule has 2 rings (SSSR count). The molecule has 2 nitrogen and oxygen atoms in total. The molecule has 0 saturated heterocycles. The van der Waals surface area contributed by atoms with Gasteiger partial charge in [0.15, 0.2) is 0 Å². The van der Waals surface area contributed by atoms with Crippen molar-refractivity contribution in [2.75, 3.05) is 0 Å². The van der Waals surface area contributed by atoms with Gasteiger partial charge in [-0.3, -0.25) is 0 Å². The standard InChI is InChI=1S/C14H12Cl3NO/c1-2-9-5-11(3-4-12(9)15)19-8-10-7-18-14(17)6-13(10)16/h3-7H,2,8H2,1H3. The molecule has 0 amide bonds. The topological polar surface area (TPSA) is 22.1 Å². The van der Waals surface area contributed by atoms with Crippen molar-refractivity contribution in [2.24, 2.45) is 0 Å². The predicted octanol–water partition coefficient (Wildman–Crippen LogP) is 5.18. The van der Waals surface area contributed by atoms with E-state index in [0.29, 0.717) is 16.8 Å². The number of benzene rings is 1. The maximum Gasteiger partial charge on any atom is 0.130 e. The number of aromatic nitrogens is 1. The third kappa shape index (κ3) is 3.75. The summed E-state index contributed by atoms with van der Waals surface area (Å²) in [5.41, 5.74) is 1.85. The molecule has 2 aromatic rings. The summed E-state index contributed by atoms with van der Waals surface area (Å²) in [6.07, 6.45) is 2.47. The zero-order valence-corrected chi connectivity index (χ0v) is 12.6. The minimum Gasteiger partial charge on any atom is -0.489 e. The van der Waals surface area contributed by atoms with Crippen LogP contribution in [0.5, 0.6) is 5.75 Å². The largest absolute Gasteiger partial charge is 0.489 e. The molecule has 5 heteroatoms. The van der Waals surface area contributed by atoms with Gasteiger partial charge in [-0.2, -0.15) is 0 Å². The highest BCUT2D eigenvalue weighted by Crippen LogP contribution is 2.24. The van der Waals surface area contributed by atoms with Gasteiger partial charge >= 0.3 is 0 Å². The van der Waals surface area contributed by atoms with Gasteiger partial charge in [-0.1, -0.05) is 41.7 Å². The second kappa shape index (κ2) is 6.47. The average molecular weight is 317 g/mol. The minimum atomic E-state index is 0.341. The van der Waals surface area contributed by atoms with Gasteiger partial charge < -0.3 is 4.74 Å². The molecular formula is C14H12Cl3NO. The summed E-state index contributed by atoms with van der Waals surface area (Å²) in [6, 6.07) is 7.19. The van der Waals surface area contributed by atoms with Gasteiger partial charge in [0.1, 0.15) is 17.5 Å². The summed E-state index contributed by atoms with van der Waals surface area (Å²) in [7, 11) is 0. The van der Waals surface area contributed by atoms with Crippen molar-refractivity contribution < 1.29 is 4.74 Å². The Bertz CT molecular complexity index is 587. The lowest BCUT2D eigenvalue weighted by Gasteiger charge is -2.09. The van der Waals surface area contributed by atoms with Crippen molar-refractivity contribution >= 4 is 34.8 Å². The number of hydrogen-bond acceptors (Lipinski definition) is 2. The van der Waals surface area contributed by atoms with E-state index in [4.69, 9.17) is 39.5 Å². The first-order valence-electron chi connectivity index (χ1n) is 5.81. The minimum absolute atomic E-state index is 0.341. The number of aryl methyl sites for hydroxylation is 1. The van der Waals surface area contributed by atoms with E-state index >= 15 is 0 Å². The fourth-order valence-electron chi connectivity index (χ4n) is 1.61. The van der Waals surface area contributed by atoms with Gasteiger partial charge in [-0.15, -0.1) is 0 Å². The fraction of sp³-hybridized carbons (Fsp3) is 0.214. The van der Waals surface area contributed by atoms with Gasteiger partial charge in [0, 0.05) is 16.8 Å². The zero-order chi connectivity index (χ0) is 13.8. The quantitative estimate of drug-likeness (QED) is 0.725. The Balaban J connectivity index is 2.10. The average Bonchev–Trinajstić information content (AvgIpc) is 2.39. The molecule has 100 valence electrons. The van der Waals surface area contributed by atoms with Crippen LogP contribution < -0.4 is 4.74 Å². The molecule has 0 unspecified atom stereocenters. The Morgan fingerprint density at radius 2 is 1.84 bits per heavy atom. The highest BCUT2D eigenvalue weighted by atomic mass is 35.5. The van der Waals surface area contributed by atoms with Crippen molar-refractivity contribution in [1.82, 2.24) is 4.98 Å². The van der Waals surface area contributed by atoms with Crippen LogP contribution in [0.1, 0.15) is 18.1 Å². The summed E-state index contributed by atoms with van der Waals surface area (Å²) in [4.78, 5) is 3.98. The molecular weight excluding hydrogens is 305 g/mol. The molecule has 0 N–H and O–H groups in total. The first kappa shape index (κ1) is 14.4. The zero-order valence-electron chi connectivity index (χ0n) is 10.3. The monoisotopic (exact) mass is 315 g/mol. The van der Waals surface area contributed by atoms with E-state index in [1.54, 1.807) is 12.3 Å². The van der Waals surface area contributed by atoms with Crippen molar-refractivity contribution in [3.8, 4) is 5.75 Å². The second-order valence-corrected chi connectivity index (χ2v) is 5.20. The molecule has 0 fully saturated rings. The van der Waals surface area contributed by atoms with Crippen LogP contribution >= 0.6 is 34.8 Å². The fourth-order valence-corrected chi connectivity index (χ4v) is 2.29. The van der Waals surface area contributed by atoms with Crippen molar-refractivity contribution in [2.45, 2.75) is 20.0 Å². The molecule has 0 saturated carbocycles. The Morgan fingerprint density at radius 1 is 1.05 bits per heavy atom. The molecule has 0 aliphatic carbocycles. The normalized spacial score (nSPS) is 10.5. The predicted molar refractivity (Wildman–Crippen MR) is 79.4 cm³/mol. The van der Waals surface area contributed by atoms with E-state index in [0.717, 1.165) is 28.3 Å². The van der Waals surface area contributed by atoms with Crippen molar-refractivity contribution in [3.63, 3.8) is 0 Å². The smallest absolute Gasteiger partial charge is 0.130 e. The number of rotatable bonds is 4. The summed E-state index contributed by atoms with van der Waals surface area (Å²) < 4.78 is 5.68. The molecule has 1 heterocycles. The SMILES string of the molecule is CCc1cc(OCc2cnc(Cl)cc2Cl)ccc1Cl. The van der Waals surface area contributed by atoms with E-state index in [9.17, 15) is 0 Å². The third-order valence-electron chi connectivity index (χ3n) is 2.69. The van der Waals surface area contributed by atoms with E-state index in [1.807, 2.05) is 25.1 Å². The number of pyridine rings is 1. The molecule has 0 radical (unpaired) electrons. The lowest BCUT2D eigenvalue weighted by Crippen LogP contribution is -1.98. The number of nitrogens with zero attached hydrogens (tertiary/aromatic N) is 1. The van der Waals surface area contributed by atoms with Gasteiger partial charge in [-0.25, -0.2) is 4.98 Å². The van der Waals surface area contributed by atoms with Gasteiger partial charge in [0.2, 0.25) is 0 Å². The molecule has 19 heavy (non-hydrogen) atoms. The van der Waals surface area contributed by atoms with Crippen LogP contribution in [0.3, 0.4) is 0 Å². The Labute approximate surface area is 127 Å². The third-order valence-corrected chi connectivity index (χ3v) is 3.62. The maximum atomic E-state index is 6.05. The first-order valence-corrected chi connectivity index (χ1v) is 6.94. The Kier molecular flexibility index (Phi) is 4.92. The Morgan fingerprint density at radius 3 is 2.53 bits per heavy atom. The van der Waals surface area contributed by atoms with Gasteiger partial charge in [-0.05, 0) is 36.2 Å². The highest BCUT2D eigenvalue weighted by Gasteiger charge is 2.05. The number of ether oxygens (including phenoxy) is 1. The van der Waals surface area contributed by atoms with Crippen LogP contribution in [-0.4, -0.2) is 4.98 Å². The van der Waals surface area contributed by atoms with Crippen LogP contribution in [0.25, 0.3) is 0 Å². The van der Waals surface area contributed by atoms with Crippen molar-refractivity contribution in [3.05, 3.63) is 56.8 Å². The summed E-state index contributed by atoms with van der Waals surface area (Å²) in [5, 5.41) is 1.67. The first-order chi connectivity index (χ1) is 9.10. The second-order valence-electron chi connectivity index (χ2n) is 3.99. The molecule has 0 spiro atoms. The lowest BCUT2D eigenvalue weighted by atomic mass is 10.1. The van der Waals surface area contributed by atoms with Crippen LogP contribution in [-0.2, 0) is 13.0 Å². The number of hydrogen-bond donors (Lipinski definition) is 0.